The Morgan fingerprint density at radius 1 is 0.946 bits per heavy atom. The van der Waals surface area contributed by atoms with Gasteiger partial charge < -0.3 is 25.0 Å². The minimum atomic E-state index is -5.11. The van der Waals surface area contributed by atoms with Crippen molar-refractivity contribution in [1.82, 2.24) is 15.5 Å². The zero-order chi connectivity index (χ0) is 28.1. The van der Waals surface area contributed by atoms with E-state index in [9.17, 15) is 32.3 Å². The van der Waals surface area contributed by atoms with Crippen molar-refractivity contribution in [2.45, 2.75) is 64.8 Å². The van der Waals surface area contributed by atoms with E-state index in [2.05, 4.69) is 10.6 Å². The van der Waals surface area contributed by atoms with E-state index in [0.29, 0.717) is 17.9 Å². The van der Waals surface area contributed by atoms with Gasteiger partial charge in [-0.3, -0.25) is 19.2 Å². The quantitative estimate of drug-likeness (QED) is 0.482. The first-order valence-electron chi connectivity index (χ1n) is 12.0. The molecule has 37 heavy (non-hydrogen) atoms. The van der Waals surface area contributed by atoms with E-state index in [0.717, 1.165) is 0 Å². The minimum Gasteiger partial charge on any atom is -0.493 e. The molecule has 2 rings (SSSR count). The van der Waals surface area contributed by atoms with Crippen LogP contribution in [0.15, 0.2) is 18.2 Å². The van der Waals surface area contributed by atoms with Crippen LogP contribution >= 0.6 is 0 Å². The Morgan fingerprint density at radius 3 is 2.05 bits per heavy atom. The van der Waals surface area contributed by atoms with Crippen molar-refractivity contribution < 1.29 is 41.8 Å². The number of methoxy groups -OCH3 is 2. The number of carbonyl (C=O) groups excluding carboxylic acids is 4. The standard InChI is InChI=1S/C25H34F3N3O6/c1-13(2)19(21(32)25(26,27)28)29-23(34)16-8-7-11-31(16)24(35)20(14(3)4)30-22(33)15-9-10-17(36-5)18(12-15)37-6/h9-10,12-14,16,19-20H,7-8,11H2,1-6H3,(H,29,34)(H,30,33)/t16-,19?,20-/m0/s1. The largest absolute Gasteiger partial charge is 0.493 e. The number of likely N-dealkylation sites (tertiary alicyclic amines) is 1. The van der Waals surface area contributed by atoms with Crippen LogP contribution in [-0.4, -0.2) is 73.5 Å². The fourth-order valence-electron chi connectivity index (χ4n) is 4.16. The second-order valence-corrected chi connectivity index (χ2v) is 9.55. The van der Waals surface area contributed by atoms with Crippen LogP contribution in [0, 0.1) is 11.8 Å². The number of rotatable bonds is 10. The van der Waals surface area contributed by atoms with Gasteiger partial charge in [-0.05, 0) is 42.9 Å². The Bertz CT molecular complexity index is 1010. The van der Waals surface area contributed by atoms with Crippen LogP contribution in [0.4, 0.5) is 13.2 Å². The predicted molar refractivity (Wildman–Crippen MR) is 128 cm³/mol. The molecule has 0 saturated carbocycles. The second kappa shape index (κ2) is 12.3. The van der Waals surface area contributed by atoms with E-state index in [-0.39, 0.29) is 24.4 Å². The van der Waals surface area contributed by atoms with Crippen molar-refractivity contribution in [1.29, 1.82) is 0 Å². The molecular weight excluding hydrogens is 495 g/mol. The van der Waals surface area contributed by atoms with Gasteiger partial charge in [0.2, 0.25) is 11.8 Å². The van der Waals surface area contributed by atoms with Gasteiger partial charge in [0.15, 0.2) is 11.5 Å². The predicted octanol–water partition coefficient (Wildman–Crippen LogP) is 2.72. The number of benzene rings is 1. The van der Waals surface area contributed by atoms with Crippen LogP contribution in [0.25, 0.3) is 0 Å². The zero-order valence-electron chi connectivity index (χ0n) is 21.8. The van der Waals surface area contributed by atoms with Gasteiger partial charge in [0.25, 0.3) is 11.7 Å². The van der Waals surface area contributed by atoms with Gasteiger partial charge >= 0.3 is 6.18 Å². The molecule has 1 fully saturated rings. The summed E-state index contributed by atoms with van der Waals surface area (Å²) in [6.45, 7) is 6.42. The Morgan fingerprint density at radius 2 is 1.54 bits per heavy atom. The molecule has 0 bridgehead atoms. The number of ether oxygens (including phenoxy) is 2. The lowest BCUT2D eigenvalue weighted by atomic mass is 9.98. The van der Waals surface area contributed by atoms with Crippen LogP contribution in [0.2, 0.25) is 0 Å². The molecule has 0 aromatic heterocycles. The first-order valence-corrected chi connectivity index (χ1v) is 12.0. The number of carbonyl (C=O) groups is 4. The van der Waals surface area contributed by atoms with Crippen LogP contribution in [0.3, 0.4) is 0 Å². The summed E-state index contributed by atoms with van der Waals surface area (Å²) in [5.74, 6) is -4.40. The van der Waals surface area contributed by atoms with Crippen LogP contribution in [-0.2, 0) is 14.4 Å². The van der Waals surface area contributed by atoms with E-state index >= 15 is 0 Å². The van der Waals surface area contributed by atoms with Crippen molar-refractivity contribution >= 4 is 23.5 Å². The van der Waals surface area contributed by atoms with Gasteiger partial charge in [-0.15, -0.1) is 0 Å². The smallest absolute Gasteiger partial charge is 0.452 e. The van der Waals surface area contributed by atoms with E-state index in [1.807, 2.05) is 0 Å². The van der Waals surface area contributed by atoms with Gasteiger partial charge in [0.05, 0.1) is 20.3 Å². The summed E-state index contributed by atoms with van der Waals surface area (Å²) >= 11 is 0. The zero-order valence-corrected chi connectivity index (χ0v) is 21.8. The highest BCUT2D eigenvalue weighted by molar-refractivity contribution is 5.99. The number of Topliss-reactive ketones (excluding diaryl/α,β-unsaturated/α-hetero) is 1. The number of alkyl halides is 3. The number of hydrogen-bond acceptors (Lipinski definition) is 6. The number of amides is 3. The Hall–Kier alpha value is -3.31. The molecule has 206 valence electrons. The maximum absolute atomic E-state index is 13.4. The van der Waals surface area contributed by atoms with Crippen LogP contribution in [0.1, 0.15) is 50.9 Å². The summed E-state index contributed by atoms with van der Waals surface area (Å²) in [6.07, 6.45) is -4.45. The van der Waals surface area contributed by atoms with Crippen molar-refractivity contribution in [2.75, 3.05) is 20.8 Å². The number of ketones is 1. The SMILES string of the molecule is COc1ccc(C(=O)N[C@H](C(=O)N2CCC[C@H]2C(=O)NC(C(=O)C(F)(F)F)C(C)C)C(C)C)cc1OC. The lowest BCUT2D eigenvalue weighted by molar-refractivity contribution is -0.175. The van der Waals surface area contributed by atoms with E-state index in [1.165, 1.54) is 45.1 Å². The van der Waals surface area contributed by atoms with Gasteiger partial charge in [-0.25, -0.2) is 0 Å². The summed E-state index contributed by atoms with van der Waals surface area (Å²) in [5.41, 5.74) is 0.220. The number of nitrogens with zero attached hydrogens (tertiary/aromatic N) is 1. The molecule has 2 N–H and O–H groups in total. The third-order valence-corrected chi connectivity index (χ3v) is 6.23. The molecule has 1 heterocycles. The maximum Gasteiger partial charge on any atom is 0.452 e. The summed E-state index contributed by atoms with van der Waals surface area (Å²) in [6, 6.07) is 0.686. The van der Waals surface area contributed by atoms with Gasteiger partial charge in [-0.2, -0.15) is 13.2 Å². The normalized spacial score (nSPS) is 17.4. The monoisotopic (exact) mass is 529 g/mol. The Balaban J connectivity index is 2.21. The number of halogens is 3. The molecule has 9 nitrogen and oxygen atoms in total. The average molecular weight is 530 g/mol. The molecule has 1 aliphatic heterocycles. The molecule has 3 atom stereocenters. The third-order valence-electron chi connectivity index (χ3n) is 6.23. The molecule has 0 aliphatic carbocycles. The topological polar surface area (TPSA) is 114 Å². The number of nitrogens with one attached hydrogen (secondary N) is 2. The average Bonchev–Trinajstić information content (AvgIpc) is 3.33. The van der Waals surface area contributed by atoms with Crippen LogP contribution in [0.5, 0.6) is 11.5 Å². The molecule has 1 saturated heterocycles. The fraction of sp³-hybridized carbons (Fsp3) is 0.600. The molecule has 1 aromatic rings. The van der Waals surface area contributed by atoms with E-state index in [4.69, 9.17) is 9.47 Å². The van der Waals surface area contributed by atoms with E-state index < -0.39 is 53.7 Å². The highest BCUT2D eigenvalue weighted by Crippen LogP contribution is 2.28. The lowest BCUT2D eigenvalue weighted by Crippen LogP contribution is -2.58. The molecule has 1 aliphatic rings. The molecule has 1 unspecified atom stereocenters. The Kier molecular flexibility index (Phi) is 9.93. The molecular formula is C25H34F3N3O6. The van der Waals surface area contributed by atoms with Crippen molar-refractivity contribution in [3.8, 4) is 11.5 Å². The second-order valence-electron chi connectivity index (χ2n) is 9.55. The maximum atomic E-state index is 13.4. The summed E-state index contributed by atoms with van der Waals surface area (Å²) < 4.78 is 49.4. The first kappa shape index (κ1) is 29.9. The summed E-state index contributed by atoms with van der Waals surface area (Å²) in [4.78, 5) is 52.4. The van der Waals surface area contributed by atoms with Crippen molar-refractivity contribution in [3.63, 3.8) is 0 Å². The van der Waals surface area contributed by atoms with Gasteiger partial charge in [0, 0.05) is 12.1 Å². The molecule has 12 heteroatoms. The van der Waals surface area contributed by atoms with E-state index in [1.54, 1.807) is 19.9 Å². The molecule has 1 aromatic carbocycles. The molecule has 0 spiro atoms. The Labute approximate surface area is 214 Å². The molecule has 0 radical (unpaired) electrons. The minimum absolute atomic E-state index is 0.186. The first-order chi connectivity index (χ1) is 17.2. The summed E-state index contributed by atoms with van der Waals surface area (Å²) in [5, 5.41) is 4.89. The third kappa shape index (κ3) is 7.14. The lowest BCUT2D eigenvalue weighted by Gasteiger charge is -2.32. The fourth-order valence-corrected chi connectivity index (χ4v) is 4.16. The molecule has 3 amide bonds. The van der Waals surface area contributed by atoms with Gasteiger partial charge in [0.1, 0.15) is 12.1 Å². The van der Waals surface area contributed by atoms with Crippen molar-refractivity contribution in [3.05, 3.63) is 23.8 Å². The number of hydrogen-bond donors (Lipinski definition) is 2. The highest BCUT2D eigenvalue weighted by atomic mass is 19.4. The summed E-state index contributed by atoms with van der Waals surface area (Å²) in [7, 11) is 2.88. The highest BCUT2D eigenvalue weighted by Gasteiger charge is 2.46. The van der Waals surface area contributed by atoms with Gasteiger partial charge in [-0.1, -0.05) is 27.7 Å². The van der Waals surface area contributed by atoms with Crippen molar-refractivity contribution in [2.24, 2.45) is 11.8 Å². The van der Waals surface area contributed by atoms with Crippen LogP contribution < -0.4 is 20.1 Å².